The molecule has 0 radical (unpaired) electrons. The SMILES string of the molecule is CNC(CSc1ncccn1)c1ccc(C)c(C)c1. The summed E-state index contributed by atoms with van der Waals surface area (Å²) < 4.78 is 0. The summed E-state index contributed by atoms with van der Waals surface area (Å²) in [5.41, 5.74) is 3.98. The van der Waals surface area contributed by atoms with Gasteiger partial charge in [0.15, 0.2) is 5.16 Å². The largest absolute Gasteiger partial charge is 0.312 e. The summed E-state index contributed by atoms with van der Waals surface area (Å²) in [7, 11) is 1.99. The maximum atomic E-state index is 4.23. The van der Waals surface area contributed by atoms with Gasteiger partial charge in [-0.3, -0.25) is 0 Å². The Hall–Kier alpha value is -1.39. The molecule has 1 N–H and O–H groups in total. The average molecular weight is 273 g/mol. The van der Waals surface area contributed by atoms with Crippen molar-refractivity contribution in [2.24, 2.45) is 0 Å². The maximum Gasteiger partial charge on any atom is 0.187 e. The summed E-state index contributed by atoms with van der Waals surface area (Å²) in [5, 5.41) is 4.18. The summed E-state index contributed by atoms with van der Waals surface area (Å²) in [6.07, 6.45) is 3.56. The highest BCUT2D eigenvalue weighted by atomic mass is 32.2. The van der Waals surface area contributed by atoms with Gasteiger partial charge in [0, 0.05) is 24.2 Å². The van der Waals surface area contributed by atoms with Crippen molar-refractivity contribution in [3.8, 4) is 0 Å². The first-order chi connectivity index (χ1) is 9.20. The smallest absolute Gasteiger partial charge is 0.187 e. The van der Waals surface area contributed by atoms with Crippen LogP contribution in [0.25, 0.3) is 0 Å². The molecule has 0 spiro atoms. The second-order valence-electron chi connectivity index (χ2n) is 4.53. The molecule has 0 aliphatic carbocycles. The van der Waals surface area contributed by atoms with Gasteiger partial charge in [-0.2, -0.15) is 0 Å². The zero-order chi connectivity index (χ0) is 13.7. The molecule has 4 heteroatoms. The topological polar surface area (TPSA) is 37.8 Å². The number of hydrogen-bond acceptors (Lipinski definition) is 4. The van der Waals surface area contributed by atoms with Crippen LogP contribution in [0, 0.1) is 13.8 Å². The van der Waals surface area contributed by atoms with Crippen molar-refractivity contribution in [3.63, 3.8) is 0 Å². The van der Waals surface area contributed by atoms with Crippen LogP contribution < -0.4 is 5.32 Å². The van der Waals surface area contributed by atoms with Gasteiger partial charge in [0.25, 0.3) is 0 Å². The van der Waals surface area contributed by atoms with Gasteiger partial charge in [-0.25, -0.2) is 9.97 Å². The van der Waals surface area contributed by atoms with Gasteiger partial charge >= 0.3 is 0 Å². The summed E-state index contributed by atoms with van der Waals surface area (Å²) in [6.45, 7) is 4.29. The summed E-state index contributed by atoms with van der Waals surface area (Å²) in [5.74, 6) is 0.920. The Labute approximate surface area is 118 Å². The van der Waals surface area contributed by atoms with Crippen molar-refractivity contribution in [2.45, 2.75) is 25.0 Å². The fourth-order valence-corrected chi connectivity index (χ4v) is 2.79. The molecule has 0 amide bonds. The van der Waals surface area contributed by atoms with E-state index in [1.807, 2.05) is 13.1 Å². The van der Waals surface area contributed by atoms with E-state index in [1.165, 1.54) is 16.7 Å². The molecule has 1 heterocycles. The van der Waals surface area contributed by atoms with Crippen LogP contribution in [0.2, 0.25) is 0 Å². The van der Waals surface area contributed by atoms with Crippen molar-refractivity contribution in [3.05, 3.63) is 53.3 Å². The van der Waals surface area contributed by atoms with E-state index in [0.29, 0.717) is 6.04 Å². The Balaban J connectivity index is 2.05. The predicted molar refractivity (Wildman–Crippen MR) is 80.5 cm³/mol. The second-order valence-corrected chi connectivity index (χ2v) is 5.51. The number of hydrogen-bond donors (Lipinski definition) is 1. The molecule has 0 saturated carbocycles. The molecule has 19 heavy (non-hydrogen) atoms. The van der Waals surface area contributed by atoms with Crippen LogP contribution in [0.3, 0.4) is 0 Å². The molecule has 1 aromatic heterocycles. The van der Waals surface area contributed by atoms with Crippen molar-refractivity contribution in [1.82, 2.24) is 15.3 Å². The van der Waals surface area contributed by atoms with E-state index in [-0.39, 0.29) is 0 Å². The molecular weight excluding hydrogens is 254 g/mol. The Morgan fingerprint density at radius 1 is 1.16 bits per heavy atom. The Bertz CT molecular complexity index is 528. The number of nitrogens with one attached hydrogen (secondary N) is 1. The minimum Gasteiger partial charge on any atom is -0.312 e. The molecule has 0 saturated heterocycles. The lowest BCUT2D eigenvalue weighted by Gasteiger charge is -2.17. The molecular formula is C15H19N3S. The molecule has 100 valence electrons. The first-order valence-electron chi connectivity index (χ1n) is 6.35. The monoisotopic (exact) mass is 273 g/mol. The van der Waals surface area contributed by atoms with Crippen molar-refractivity contribution >= 4 is 11.8 Å². The molecule has 3 nitrogen and oxygen atoms in total. The Kier molecular flexibility index (Phi) is 4.93. The molecule has 0 fully saturated rings. The molecule has 1 aromatic carbocycles. The summed E-state index contributed by atoms with van der Waals surface area (Å²) in [6, 6.07) is 8.77. The number of aryl methyl sites for hydroxylation is 2. The minimum atomic E-state index is 0.313. The fraction of sp³-hybridized carbons (Fsp3) is 0.333. The normalized spacial score (nSPS) is 12.4. The third kappa shape index (κ3) is 3.78. The molecule has 0 bridgehead atoms. The highest BCUT2D eigenvalue weighted by Crippen LogP contribution is 2.23. The molecule has 1 atom stereocenters. The van der Waals surface area contributed by atoms with Crippen LogP contribution in [0.1, 0.15) is 22.7 Å². The van der Waals surface area contributed by atoms with E-state index in [1.54, 1.807) is 24.2 Å². The van der Waals surface area contributed by atoms with Gasteiger partial charge < -0.3 is 5.32 Å². The van der Waals surface area contributed by atoms with Crippen molar-refractivity contribution in [2.75, 3.05) is 12.8 Å². The third-order valence-electron chi connectivity index (χ3n) is 3.20. The Morgan fingerprint density at radius 3 is 2.53 bits per heavy atom. The molecule has 2 aromatic rings. The Morgan fingerprint density at radius 2 is 1.89 bits per heavy atom. The van der Waals surface area contributed by atoms with E-state index in [0.717, 1.165) is 10.9 Å². The van der Waals surface area contributed by atoms with Gasteiger partial charge in [0.2, 0.25) is 0 Å². The summed E-state index contributed by atoms with van der Waals surface area (Å²) in [4.78, 5) is 8.47. The highest BCUT2D eigenvalue weighted by molar-refractivity contribution is 7.99. The highest BCUT2D eigenvalue weighted by Gasteiger charge is 2.11. The summed E-state index contributed by atoms with van der Waals surface area (Å²) >= 11 is 1.67. The maximum absolute atomic E-state index is 4.23. The number of thioether (sulfide) groups is 1. The zero-order valence-electron chi connectivity index (χ0n) is 11.6. The first kappa shape index (κ1) is 14.0. The van der Waals surface area contributed by atoms with Crippen LogP contribution in [0.15, 0.2) is 41.8 Å². The lowest BCUT2D eigenvalue weighted by Crippen LogP contribution is -2.19. The van der Waals surface area contributed by atoms with E-state index < -0.39 is 0 Å². The number of benzene rings is 1. The number of aromatic nitrogens is 2. The van der Waals surface area contributed by atoms with Gasteiger partial charge in [0.1, 0.15) is 0 Å². The third-order valence-corrected chi connectivity index (χ3v) is 4.17. The fourth-order valence-electron chi connectivity index (χ4n) is 1.85. The first-order valence-corrected chi connectivity index (χ1v) is 7.33. The van der Waals surface area contributed by atoms with E-state index in [9.17, 15) is 0 Å². The van der Waals surface area contributed by atoms with Crippen LogP contribution >= 0.6 is 11.8 Å². The van der Waals surface area contributed by atoms with E-state index in [2.05, 4.69) is 47.3 Å². The van der Waals surface area contributed by atoms with Crippen LogP contribution in [0.5, 0.6) is 0 Å². The molecule has 2 rings (SSSR count). The van der Waals surface area contributed by atoms with Gasteiger partial charge in [-0.05, 0) is 43.7 Å². The van der Waals surface area contributed by atoms with E-state index >= 15 is 0 Å². The van der Waals surface area contributed by atoms with Crippen molar-refractivity contribution < 1.29 is 0 Å². The minimum absolute atomic E-state index is 0.313. The van der Waals surface area contributed by atoms with Gasteiger partial charge in [-0.1, -0.05) is 30.0 Å². The van der Waals surface area contributed by atoms with E-state index in [4.69, 9.17) is 0 Å². The molecule has 1 unspecified atom stereocenters. The number of rotatable bonds is 5. The van der Waals surface area contributed by atoms with Crippen LogP contribution in [-0.4, -0.2) is 22.8 Å². The number of nitrogens with zero attached hydrogens (tertiary/aromatic N) is 2. The molecule has 0 aliphatic heterocycles. The quantitative estimate of drug-likeness (QED) is 0.671. The predicted octanol–water partition coefficient (Wildman–Crippen LogP) is 3.15. The second kappa shape index (κ2) is 6.68. The van der Waals surface area contributed by atoms with Crippen LogP contribution in [-0.2, 0) is 0 Å². The standard InChI is InChI=1S/C15H19N3S/c1-11-5-6-13(9-12(11)2)14(16-3)10-19-15-17-7-4-8-18-15/h4-9,14,16H,10H2,1-3H3. The van der Waals surface area contributed by atoms with Crippen molar-refractivity contribution in [1.29, 1.82) is 0 Å². The van der Waals surface area contributed by atoms with Crippen LogP contribution in [0.4, 0.5) is 0 Å². The lowest BCUT2D eigenvalue weighted by atomic mass is 10.0. The molecule has 0 aliphatic rings. The average Bonchev–Trinajstić information content (AvgIpc) is 2.44. The zero-order valence-corrected chi connectivity index (χ0v) is 12.4. The van der Waals surface area contributed by atoms with Gasteiger partial charge in [-0.15, -0.1) is 0 Å². The lowest BCUT2D eigenvalue weighted by molar-refractivity contribution is 0.660. The van der Waals surface area contributed by atoms with Gasteiger partial charge in [0.05, 0.1) is 0 Å².